The van der Waals surface area contributed by atoms with Crippen LogP contribution in [0.2, 0.25) is 0 Å². The van der Waals surface area contributed by atoms with E-state index in [2.05, 4.69) is 21.3 Å². The van der Waals surface area contributed by atoms with E-state index < -0.39 is 90.3 Å². The number of fused-ring (bicyclic) bond motifs is 2. The minimum Gasteiger partial charge on any atom is -0.508 e. The second-order valence-electron chi connectivity index (χ2n) is 17.4. The van der Waals surface area contributed by atoms with Gasteiger partial charge in [0.1, 0.15) is 53.5 Å². The van der Waals surface area contributed by atoms with Crippen molar-refractivity contribution >= 4 is 41.7 Å². The highest BCUT2D eigenvalue weighted by Gasteiger charge is 2.44. The van der Waals surface area contributed by atoms with Gasteiger partial charge < -0.3 is 51.5 Å². The predicted octanol–water partition coefficient (Wildman–Crippen LogP) is 1.49. The summed E-state index contributed by atoms with van der Waals surface area (Å²) in [6, 6.07) is 11.0. The molecule has 17 heteroatoms. The number of nitrogens with one attached hydrogen (secondary N) is 4. The molecule has 0 saturated carbocycles. The van der Waals surface area contributed by atoms with Crippen molar-refractivity contribution in [1.29, 1.82) is 0 Å². The monoisotopic (exact) mass is 881 g/mol. The molecule has 6 rings (SSSR count). The van der Waals surface area contributed by atoms with Crippen LogP contribution in [0.1, 0.15) is 63.1 Å². The van der Waals surface area contributed by atoms with Gasteiger partial charge in [0.25, 0.3) is 0 Å². The van der Waals surface area contributed by atoms with Crippen molar-refractivity contribution in [2.24, 2.45) is 16.8 Å². The third-order valence-electron chi connectivity index (χ3n) is 12.0. The highest BCUT2D eigenvalue weighted by atomic mass is 16.3. The zero-order chi connectivity index (χ0) is 46.1. The molecule has 0 aliphatic carbocycles. The summed E-state index contributed by atoms with van der Waals surface area (Å²) in [4.78, 5) is 93.7. The van der Waals surface area contributed by atoms with Crippen LogP contribution in [0.25, 0.3) is 0 Å². The topological polar surface area (TPSA) is 250 Å². The first kappa shape index (κ1) is 47.0. The fraction of sp³-hybridized carbons (Fsp3) is 0.468. The number of aliphatic imine (C=N–C) groups is 1. The normalized spacial score (nSPS) is 26.4. The molecule has 3 aromatic rings. The zero-order valence-electron chi connectivity index (χ0n) is 36.4. The van der Waals surface area contributed by atoms with Crippen LogP contribution in [0.4, 0.5) is 0 Å². The van der Waals surface area contributed by atoms with Gasteiger partial charge in [-0.05, 0) is 97.0 Å². The number of aliphatic hydroxyl groups excluding tert-OH is 1. The Morgan fingerprint density at radius 3 is 1.77 bits per heavy atom. The summed E-state index contributed by atoms with van der Waals surface area (Å²) in [5, 5.41) is 51.6. The second-order valence-corrected chi connectivity index (χ2v) is 17.4. The first-order valence-electron chi connectivity index (χ1n) is 21.9. The van der Waals surface area contributed by atoms with E-state index in [1.54, 1.807) is 50.2 Å². The van der Waals surface area contributed by atoms with Crippen molar-refractivity contribution in [2.75, 3.05) is 19.7 Å². The zero-order valence-corrected chi connectivity index (χ0v) is 36.4. The van der Waals surface area contributed by atoms with Gasteiger partial charge >= 0.3 is 0 Å². The van der Waals surface area contributed by atoms with E-state index >= 15 is 0 Å². The van der Waals surface area contributed by atoms with Gasteiger partial charge in [0.15, 0.2) is 0 Å². The molecule has 3 aliphatic heterocycles. The Labute approximate surface area is 372 Å². The quantitative estimate of drug-likeness (QED) is 0.154. The summed E-state index contributed by atoms with van der Waals surface area (Å²) in [6.45, 7) is 5.44. The Morgan fingerprint density at radius 1 is 0.641 bits per heavy atom. The molecule has 3 aliphatic rings. The van der Waals surface area contributed by atoms with Crippen LogP contribution in [0.15, 0.2) is 77.8 Å². The van der Waals surface area contributed by atoms with Crippen molar-refractivity contribution in [2.45, 2.75) is 108 Å². The summed E-state index contributed by atoms with van der Waals surface area (Å²) in [6.07, 6.45) is 2.42. The van der Waals surface area contributed by atoms with E-state index in [-0.39, 0.29) is 68.4 Å². The lowest BCUT2D eigenvalue weighted by molar-refractivity contribution is -0.145. The third-order valence-corrected chi connectivity index (χ3v) is 12.0. The minimum atomic E-state index is -1.31. The van der Waals surface area contributed by atoms with E-state index in [0.29, 0.717) is 29.5 Å². The number of carbonyl (C=O) groups excluding carboxylic acids is 6. The molecule has 3 heterocycles. The summed E-state index contributed by atoms with van der Waals surface area (Å²) >= 11 is 0. The van der Waals surface area contributed by atoms with E-state index in [4.69, 9.17) is 4.99 Å². The van der Waals surface area contributed by atoms with Gasteiger partial charge in [0.05, 0.1) is 6.04 Å². The van der Waals surface area contributed by atoms with Crippen molar-refractivity contribution in [1.82, 2.24) is 31.1 Å². The number of rotatable bonds is 9. The molecule has 342 valence electrons. The van der Waals surface area contributed by atoms with Gasteiger partial charge in [-0.1, -0.05) is 57.2 Å². The lowest BCUT2D eigenvalue weighted by Crippen LogP contribution is -2.60. The Balaban J connectivity index is 1.43. The molecule has 8 atom stereocenters. The molecule has 64 heavy (non-hydrogen) atoms. The lowest BCUT2D eigenvalue weighted by atomic mass is 10.0. The van der Waals surface area contributed by atoms with Gasteiger partial charge in [0.2, 0.25) is 35.4 Å². The Kier molecular flexibility index (Phi) is 15.6. The maximum atomic E-state index is 14.5. The molecule has 17 nitrogen and oxygen atoms in total. The number of phenols is 3. The van der Waals surface area contributed by atoms with E-state index in [0.717, 1.165) is 0 Å². The van der Waals surface area contributed by atoms with Crippen LogP contribution in [0.5, 0.6) is 17.2 Å². The lowest BCUT2D eigenvalue weighted by Gasteiger charge is -2.33. The van der Waals surface area contributed by atoms with Crippen molar-refractivity contribution < 1.29 is 49.2 Å². The highest BCUT2D eigenvalue weighted by Crippen LogP contribution is 2.27. The fourth-order valence-electron chi connectivity index (χ4n) is 8.57. The maximum Gasteiger partial charge on any atom is 0.246 e. The molecule has 0 spiro atoms. The van der Waals surface area contributed by atoms with Crippen LogP contribution < -0.4 is 21.3 Å². The Bertz CT molecular complexity index is 2170. The Morgan fingerprint density at radius 2 is 1.19 bits per heavy atom. The highest BCUT2D eigenvalue weighted by molar-refractivity contribution is 5.98. The number of nitrogens with zero attached hydrogens (tertiary/aromatic N) is 3. The standard InChI is InChI=1S/C47H59N7O10/c1-27(2)41-47(64)54-26-28(3)21-40(54)45(62)49-32(22-29-6-12-33(56)13-7-29)25-48-37(23-30-8-14-34(57)15-9-30)42(59)51-38(24-31-10-16-35(58)17-11-31)43(60)50-36(18-20-55)46(63)53-19-4-5-39(53)44(61)52-41/h6-17,25,27-28,32,36-41,55-58H,4-5,18-24,26H2,1-3H3,(H,49,62)(H,50,60)(H,51,59)(H,52,61)/t28-,32-,36+,37+,38-,39-,40-,41-/m0/s1. The minimum absolute atomic E-state index is 0.00194. The first-order valence-corrected chi connectivity index (χ1v) is 21.9. The van der Waals surface area contributed by atoms with E-state index in [1.807, 2.05) is 6.92 Å². The molecule has 2 saturated heterocycles. The molecule has 8 N–H and O–H groups in total. The van der Waals surface area contributed by atoms with Gasteiger partial charge in [0, 0.05) is 38.8 Å². The van der Waals surface area contributed by atoms with Gasteiger partial charge in [-0.15, -0.1) is 0 Å². The van der Waals surface area contributed by atoms with Crippen molar-refractivity contribution in [3.05, 3.63) is 89.5 Å². The number of carbonyl (C=O) groups is 6. The van der Waals surface area contributed by atoms with Crippen LogP contribution in [0.3, 0.4) is 0 Å². The molecule has 2 fully saturated rings. The van der Waals surface area contributed by atoms with Gasteiger partial charge in [-0.3, -0.25) is 33.8 Å². The molecule has 6 amide bonds. The predicted molar refractivity (Wildman–Crippen MR) is 236 cm³/mol. The van der Waals surface area contributed by atoms with E-state index in [9.17, 15) is 49.2 Å². The molecular formula is C47H59N7O10. The Hall–Kier alpha value is -6.49. The van der Waals surface area contributed by atoms with E-state index in [1.165, 1.54) is 52.4 Å². The molecule has 0 radical (unpaired) electrons. The number of phenolic OH excluding ortho intramolecular Hbond substituents is 3. The number of aliphatic hydroxyl groups is 1. The summed E-state index contributed by atoms with van der Waals surface area (Å²) < 4.78 is 0. The van der Waals surface area contributed by atoms with Crippen LogP contribution >= 0.6 is 0 Å². The molecule has 3 aromatic carbocycles. The number of hydrogen-bond donors (Lipinski definition) is 8. The van der Waals surface area contributed by atoms with Crippen LogP contribution in [0, 0.1) is 11.8 Å². The van der Waals surface area contributed by atoms with Crippen LogP contribution in [-0.2, 0) is 48.0 Å². The smallest absolute Gasteiger partial charge is 0.246 e. The van der Waals surface area contributed by atoms with Crippen molar-refractivity contribution in [3.8, 4) is 17.2 Å². The third kappa shape index (κ3) is 11.9. The van der Waals surface area contributed by atoms with Gasteiger partial charge in [-0.25, -0.2) is 0 Å². The summed E-state index contributed by atoms with van der Waals surface area (Å²) in [5.41, 5.74) is 1.89. The molecule has 0 aromatic heterocycles. The fourth-order valence-corrected chi connectivity index (χ4v) is 8.57. The SMILES string of the molecule is CC(C)[C@@H]1NC(=O)[C@@H]2CCCN2C(=O)[C@@H](CCO)NC(=O)[C@H](Cc2ccc(O)cc2)NC(=O)[C@@H](Cc2ccc(O)cc2)N=C[C@H](Cc2ccc(O)cc2)NC(=O)[C@@H]2C[C@H](C)CN2C1=O. The first-order chi connectivity index (χ1) is 30.6. The molecular weight excluding hydrogens is 823 g/mol. The molecule has 0 bridgehead atoms. The summed E-state index contributed by atoms with van der Waals surface area (Å²) in [7, 11) is 0. The summed E-state index contributed by atoms with van der Waals surface area (Å²) in [5.74, 6) is -3.98. The van der Waals surface area contributed by atoms with Gasteiger partial charge in [-0.2, -0.15) is 0 Å². The van der Waals surface area contributed by atoms with Crippen molar-refractivity contribution in [3.63, 3.8) is 0 Å². The number of benzene rings is 3. The number of hydrogen-bond acceptors (Lipinski definition) is 11. The molecule has 0 unspecified atom stereocenters. The number of aromatic hydroxyl groups is 3. The number of amides is 6. The van der Waals surface area contributed by atoms with Crippen LogP contribution in [-0.4, -0.2) is 134 Å². The maximum absolute atomic E-state index is 14.5. The largest absolute Gasteiger partial charge is 0.508 e. The average Bonchev–Trinajstić information content (AvgIpc) is 3.92. The average molecular weight is 882 g/mol. The second kappa shape index (κ2) is 21.3.